The Morgan fingerprint density at radius 1 is 0.985 bits per heavy atom. The molecule has 12 atom stereocenters. The van der Waals surface area contributed by atoms with Crippen LogP contribution >= 0.6 is 0 Å². The molecule has 0 spiro atoms. The number of carbonyl (C=O) groups excluding carboxylic acids is 4. The fourth-order valence-corrected chi connectivity index (χ4v) is 12.1. The molecule has 0 aromatic heterocycles. The van der Waals surface area contributed by atoms with Crippen LogP contribution in [0.4, 0.5) is 4.79 Å². The Morgan fingerprint density at radius 3 is 2.23 bits per heavy atom. The summed E-state index contributed by atoms with van der Waals surface area (Å²) in [4.78, 5) is 57.4. The number of amides is 1. The van der Waals surface area contributed by atoms with Gasteiger partial charge < -0.3 is 58.5 Å². The molecule has 360 valence electrons. The van der Waals surface area contributed by atoms with E-state index in [9.17, 15) is 34.5 Å². The number of nitrogens with one attached hydrogen (secondary N) is 1. The monoisotopic (exact) mass is 912 g/mol. The van der Waals surface area contributed by atoms with Gasteiger partial charge in [-0.1, -0.05) is 52.8 Å². The van der Waals surface area contributed by atoms with E-state index in [1.54, 1.807) is 65.0 Å². The van der Waals surface area contributed by atoms with Crippen LogP contribution in [0.1, 0.15) is 105 Å². The summed E-state index contributed by atoms with van der Waals surface area (Å²) in [6, 6.07) is 7.21. The van der Waals surface area contributed by atoms with Crippen LogP contribution in [0.5, 0.6) is 0 Å². The number of benzene rings is 1. The highest BCUT2D eigenvalue weighted by atomic mass is 16.7. The van der Waals surface area contributed by atoms with Crippen LogP contribution in [-0.4, -0.2) is 155 Å². The van der Waals surface area contributed by atoms with Crippen LogP contribution in [0.25, 0.3) is 0 Å². The van der Waals surface area contributed by atoms with Gasteiger partial charge in [-0.25, -0.2) is 14.4 Å². The van der Waals surface area contributed by atoms with Gasteiger partial charge in [-0.15, -0.1) is 0 Å². The number of hydrogen-bond donors (Lipinski definition) is 4. The molecule has 4 heterocycles. The summed E-state index contributed by atoms with van der Waals surface area (Å²) < 4.78 is 50.6. The van der Waals surface area contributed by atoms with Gasteiger partial charge in [-0.05, 0) is 70.2 Å². The van der Waals surface area contributed by atoms with Gasteiger partial charge in [0.1, 0.15) is 35.6 Å². The predicted octanol–water partition coefficient (Wildman–Crippen LogP) is 3.59. The third-order valence-corrected chi connectivity index (χ3v) is 15.8. The second-order valence-electron chi connectivity index (χ2n) is 21.8. The molecule has 17 nitrogen and oxygen atoms in total. The van der Waals surface area contributed by atoms with Gasteiger partial charge in [-0.3, -0.25) is 9.69 Å². The summed E-state index contributed by atoms with van der Waals surface area (Å²) in [5.41, 5.74) is -7.00. The van der Waals surface area contributed by atoms with Crippen LogP contribution < -0.4 is 5.32 Å². The minimum absolute atomic E-state index is 0.0424. The zero-order valence-electron chi connectivity index (χ0n) is 39.3. The minimum Gasteiger partial charge on any atom is -0.456 e. The van der Waals surface area contributed by atoms with Crippen molar-refractivity contribution in [3.8, 4) is 0 Å². The molecule has 0 radical (unpaired) electrons. The van der Waals surface area contributed by atoms with Crippen LogP contribution in [0, 0.1) is 22.2 Å². The molecule has 4 saturated heterocycles. The van der Waals surface area contributed by atoms with Crippen LogP contribution in [0.3, 0.4) is 0 Å². The van der Waals surface area contributed by atoms with Crippen molar-refractivity contribution in [1.29, 1.82) is 0 Å². The Bertz CT molecular complexity index is 2060. The smallest absolute Gasteiger partial charge is 0.407 e. The SMILES string of the molecule is CCC1(O)CN(C[C@@H]2O[C@@H]3C4=C(C)[C@@H](OC(=O)[C@H](O)[C@@H](NC(=O)OC(C)(C)C)C5(C)COC5)C[C@@](O)([C@@H](OC(=O)c5ccccc5)[C@H]5[C@@](C)(CC[C@H]6OC[C@]65OC(C)=O)[C@@H]3O2)C4(C)C)C1. The highest BCUT2D eigenvalue weighted by molar-refractivity contribution is 5.89. The van der Waals surface area contributed by atoms with Gasteiger partial charge in [0.15, 0.2) is 18.0 Å². The molecule has 17 heteroatoms. The lowest BCUT2D eigenvalue weighted by Gasteiger charge is -2.68. The fraction of sp³-hybridized carbons (Fsp3) is 0.750. The zero-order chi connectivity index (χ0) is 47.3. The lowest BCUT2D eigenvalue weighted by atomic mass is 9.45. The lowest BCUT2D eigenvalue weighted by molar-refractivity contribution is -0.345. The first-order chi connectivity index (χ1) is 30.3. The van der Waals surface area contributed by atoms with Crippen molar-refractivity contribution >= 4 is 24.0 Å². The van der Waals surface area contributed by atoms with Gasteiger partial charge in [0, 0.05) is 49.2 Å². The van der Waals surface area contributed by atoms with E-state index >= 15 is 0 Å². The number of alkyl carbamates (subject to hydrolysis) is 1. The first-order valence-electron chi connectivity index (χ1n) is 23.0. The molecule has 0 unspecified atom stereocenters. The number of ether oxygens (including phenoxy) is 8. The van der Waals surface area contributed by atoms with Crippen LogP contribution in [0.2, 0.25) is 0 Å². The molecule has 2 bridgehead atoms. The number of aliphatic hydroxyl groups excluding tert-OH is 1. The third-order valence-electron chi connectivity index (χ3n) is 15.8. The van der Waals surface area contributed by atoms with Gasteiger partial charge in [0.2, 0.25) is 0 Å². The maximum absolute atomic E-state index is 14.5. The Morgan fingerprint density at radius 2 is 1.66 bits per heavy atom. The highest BCUT2D eigenvalue weighted by Gasteiger charge is 2.77. The normalized spacial score (nSPS) is 37.4. The number of esters is 3. The number of carbonyl (C=O) groups is 4. The number of hydrogen-bond acceptors (Lipinski definition) is 16. The zero-order valence-corrected chi connectivity index (χ0v) is 39.3. The number of aliphatic hydroxyl groups is 3. The number of β-amino-alcohol motifs (C(OH)–C–C–N with tert-alkyl or cyclic N) is 1. The number of likely N-dealkylation sites (tertiary alicyclic amines) is 1. The summed E-state index contributed by atoms with van der Waals surface area (Å²) in [6.45, 7) is 19.0. The van der Waals surface area contributed by atoms with E-state index in [0.29, 0.717) is 50.0 Å². The maximum atomic E-state index is 14.5. The van der Waals surface area contributed by atoms with Crippen LogP contribution in [-0.2, 0) is 47.5 Å². The summed E-state index contributed by atoms with van der Waals surface area (Å²) in [5.74, 6) is -3.35. The summed E-state index contributed by atoms with van der Waals surface area (Å²) in [7, 11) is 0. The predicted molar refractivity (Wildman–Crippen MR) is 230 cm³/mol. The summed E-state index contributed by atoms with van der Waals surface area (Å²) >= 11 is 0. The molecule has 4 N–H and O–H groups in total. The van der Waals surface area contributed by atoms with Crippen molar-refractivity contribution in [2.75, 3.05) is 39.5 Å². The molecule has 1 aromatic rings. The van der Waals surface area contributed by atoms with Crippen molar-refractivity contribution in [3.63, 3.8) is 0 Å². The number of rotatable bonds is 11. The first kappa shape index (κ1) is 47.8. The standard InChI is InChI=1S/C48H68N2O15/c1-11-46(56)21-50(22-46)20-31-61-34-32-26(2)29(60-40(54)33(52)36(44(9)23-58-24-44)49-41(55)65-42(4,5)6)19-48(57,43(32,7)8)38(63-39(53)28-15-13-12-14-16-28)35-45(10,37(34)62-31)18-17-30-47(35,25-59-30)64-27(3)51/h12-16,29-31,33-38,52,56-57H,11,17-25H2,1-10H3,(H,49,55)/t29-,30+,31+,33+,34+,35-,36+,37+,38-,45+,47-,48+/m0/s1. The van der Waals surface area contributed by atoms with E-state index in [1.807, 2.05) is 27.7 Å². The Balaban J connectivity index is 1.25. The molecular weight excluding hydrogens is 845 g/mol. The molecule has 7 aliphatic rings. The van der Waals surface area contributed by atoms with Gasteiger partial charge in [0.25, 0.3) is 0 Å². The van der Waals surface area contributed by atoms with E-state index in [2.05, 4.69) is 10.2 Å². The van der Waals surface area contributed by atoms with Crippen molar-refractivity contribution in [2.45, 2.75) is 166 Å². The molecule has 3 aliphatic carbocycles. The minimum atomic E-state index is -2.08. The molecule has 6 fully saturated rings. The quantitative estimate of drug-likeness (QED) is 0.142. The molecule has 2 saturated carbocycles. The van der Waals surface area contributed by atoms with Crippen molar-refractivity contribution in [2.24, 2.45) is 22.2 Å². The summed E-state index contributed by atoms with van der Waals surface area (Å²) in [6.07, 6.45) is -7.31. The average molecular weight is 913 g/mol. The summed E-state index contributed by atoms with van der Waals surface area (Å²) in [5, 5.41) is 39.4. The van der Waals surface area contributed by atoms with Gasteiger partial charge in [0.05, 0.1) is 49.0 Å². The number of nitrogens with zero attached hydrogens (tertiary/aromatic N) is 1. The maximum Gasteiger partial charge on any atom is 0.407 e. The van der Waals surface area contributed by atoms with Crippen molar-refractivity contribution in [1.82, 2.24) is 10.2 Å². The molecule has 1 amide bonds. The van der Waals surface area contributed by atoms with Crippen LogP contribution in [0.15, 0.2) is 41.5 Å². The Labute approximate surface area is 380 Å². The molecule has 4 aliphatic heterocycles. The molecule has 8 rings (SSSR count). The lowest BCUT2D eigenvalue weighted by Crippen LogP contribution is -2.79. The van der Waals surface area contributed by atoms with E-state index in [1.165, 1.54) is 6.92 Å². The van der Waals surface area contributed by atoms with E-state index in [4.69, 9.17) is 37.9 Å². The molecule has 65 heavy (non-hydrogen) atoms. The number of fused-ring (bicyclic) bond motifs is 8. The molecular formula is C48H68N2O15. The van der Waals surface area contributed by atoms with Gasteiger partial charge >= 0.3 is 24.0 Å². The Hall–Kier alpha value is -3.68. The van der Waals surface area contributed by atoms with E-state index in [0.717, 1.165) is 0 Å². The largest absolute Gasteiger partial charge is 0.456 e. The average Bonchev–Trinajstić information content (AvgIpc) is 3.61. The first-order valence-corrected chi connectivity index (χ1v) is 23.0. The second kappa shape index (κ2) is 16.5. The van der Waals surface area contributed by atoms with Gasteiger partial charge in [-0.2, -0.15) is 0 Å². The highest BCUT2D eigenvalue weighted by Crippen LogP contribution is 2.67. The van der Waals surface area contributed by atoms with E-state index < -0.39 is 118 Å². The third kappa shape index (κ3) is 8.08. The van der Waals surface area contributed by atoms with E-state index in [-0.39, 0.29) is 31.8 Å². The second-order valence-corrected chi connectivity index (χ2v) is 21.8. The Kier molecular flexibility index (Phi) is 12.2. The topological polar surface area (TPSA) is 218 Å². The van der Waals surface area contributed by atoms with Crippen molar-refractivity contribution in [3.05, 3.63) is 47.0 Å². The fourth-order valence-electron chi connectivity index (χ4n) is 12.1. The molecule has 1 aromatic carbocycles. The van der Waals surface area contributed by atoms with Crippen molar-refractivity contribution < 1.29 is 72.4 Å².